The quantitative estimate of drug-likeness (QED) is 0.183. The Kier molecular flexibility index (Phi) is 12.4. The van der Waals surface area contributed by atoms with Crippen molar-refractivity contribution in [2.45, 2.75) is 57.7 Å². The van der Waals surface area contributed by atoms with Crippen LogP contribution >= 0.6 is 0 Å². The number of benzene rings is 3. The molecule has 2 unspecified atom stereocenters. The van der Waals surface area contributed by atoms with Gasteiger partial charge in [-0.3, -0.25) is 0 Å². The lowest BCUT2D eigenvalue weighted by atomic mass is 9.88. The summed E-state index contributed by atoms with van der Waals surface area (Å²) in [7, 11) is -0.287. The topological polar surface area (TPSA) is 43.0 Å². The molecule has 1 heterocycles. The van der Waals surface area contributed by atoms with Gasteiger partial charge in [-0.25, -0.2) is 0 Å². The van der Waals surface area contributed by atoms with Crippen molar-refractivity contribution in [2.24, 2.45) is 5.92 Å². The monoisotopic (exact) mass is 588 g/mol. The molecule has 6 heteroatoms. The first-order valence-electron chi connectivity index (χ1n) is 15.7. The Morgan fingerprint density at radius 2 is 1.31 bits per heavy atom. The number of ether oxygens (including phenoxy) is 2. The van der Waals surface area contributed by atoms with Gasteiger partial charge in [0.2, 0.25) is 0 Å². The molecule has 1 saturated heterocycles. The molecule has 5 nitrogen and oxygen atoms in total. The molecule has 4 rings (SSSR count). The van der Waals surface area contributed by atoms with E-state index in [-0.39, 0.29) is 5.04 Å². The van der Waals surface area contributed by atoms with Crippen molar-refractivity contribution in [3.63, 3.8) is 0 Å². The van der Waals surface area contributed by atoms with Crippen molar-refractivity contribution in [1.82, 2.24) is 10.2 Å². The van der Waals surface area contributed by atoms with E-state index in [1.807, 2.05) is 0 Å². The van der Waals surface area contributed by atoms with E-state index in [0.29, 0.717) is 44.4 Å². The summed E-state index contributed by atoms with van der Waals surface area (Å²) in [5.41, 5.74) is 1.35. The molecule has 1 fully saturated rings. The summed E-state index contributed by atoms with van der Waals surface area (Å²) >= 11 is 0. The average Bonchev–Trinajstić information content (AvgIpc) is 3.00. The summed E-state index contributed by atoms with van der Waals surface area (Å²) in [4.78, 5) is 2.45. The van der Waals surface area contributed by atoms with Crippen LogP contribution in [0.2, 0.25) is 5.04 Å². The molecule has 42 heavy (non-hydrogen) atoms. The van der Waals surface area contributed by atoms with Crippen LogP contribution in [0, 0.1) is 5.92 Å². The Bertz CT molecular complexity index is 1120. The summed E-state index contributed by atoms with van der Waals surface area (Å²) in [6.45, 7) is 14.5. The second kappa shape index (κ2) is 15.9. The van der Waals surface area contributed by atoms with Gasteiger partial charge < -0.3 is 24.1 Å². The molecule has 0 bridgehead atoms. The Morgan fingerprint density at radius 1 is 0.786 bits per heavy atom. The maximum Gasteiger partial charge on any atom is 0.261 e. The average molecular weight is 589 g/mol. The molecule has 3 aromatic carbocycles. The predicted molar refractivity (Wildman–Crippen MR) is 177 cm³/mol. The minimum absolute atomic E-state index is 0.0301. The van der Waals surface area contributed by atoms with Crippen molar-refractivity contribution in [3.05, 3.63) is 96.6 Å². The van der Waals surface area contributed by atoms with Gasteiger partial charge in [0.15, 0.2) is 0 Å². The maximum atomic E-state index is 6.92. The van der Waals surface area contributed by atoms with Gasteiger partial charge >= 0.3 is 0 Å². The van der Waals surface area contributed by atoms with E-state index < -0.39 is 8.32 Å². The molecule has 1 aliphatic heterocycles. The van der Waals surface area contributed by atoms with Gasteiger partial charge in [0.1, 0.15) is 0 Å². The number of nitrogens with one attached hydrogen (secondary N) is 1. The number of piperidine rings is 1. The van der Waals surface area contributed by atoms with Crippen LogP contribution in [0.15, 0.2) is 91.0 Å². The molecule has 228 valence electrons. The molecule has 1 N–H and O–H groups in total. The third-order valence-electron chi connectivity index (χ3n) is 8.67. The first kappa shape index (κ1) is 32.6. The molecule has 0 spiro atoms. The zero-order valence-corrected chi connectivity index (χ0v) is 27.4. The first-order valence-corrected chi connectivity index (χ1v) is 17.6. The highest BCUT2D eigenvalue weighted by Gasteiger charge is 2.50. The van der Waals surface area contributed by atoms with Crippen molar-refractivity contribution in [1.29, 1.82) is 0 Å². The van der Waals surface area contributed by atoms with Crippen LogP contribution in [-0.2, 0) is 13.9 Å². The van der Waals surface area contributed by atoms with Crippen molar-refractivity contribution in [2.75, 3.05) is 53.2 Å². The highest BCUT2D eigenvalue weighted by atomic mass is 28.4. The van der Waals surface area contributed by atoms with E-state index in [2.05, 4.69) is 136 Å². The largest absolute Gasteiger partial charge is 0.405 e. The van der Waals surface area contributed by atoms with Gasteiger partial charge in [-0.15, -0.1) is 0 Å². The second-order valence-corrected chi connectivity index (χ2v) is 17.0. The number of rotatable bonds is 15. The van der Waals surface area contributed by atoms with Gasteiger partial charge in [-0.1, -0.05) is 112 Å². The van der Waals surface area contributed by atoms with E-state index in [1.54, 1.807) is 0 Å². The summed E-state index contributed by atoms with van der Waals surface area (Å²) in [6, 6.07) is 33.2. The fraction of sp³-hybridized carbons (Fsp3) is 0.500. The molecule has 3 aromatic rings. The third kappa shape index (κ3) is 8.62. The standard InChI is InChI=1S/C36H52N2O3Si/c1-30(31-15-9-6-10-16-31)37-35-21-23-38(5)29-32(35)22-24-39-25-26-40-27-28-41-42(36(2,3)4,33-17-11-7-12-18-33)34-19-13-8-14-20-34/h6-20,30,32,35,37H,21-29H2,1-5H3/t30-,32?,35?/m1/s1. The number of likely N-dealkylation sites (tertiary alicyclic amines) is 1. The first-order chi connectivity index (χ1) is 20.3. The SMILES string of the molecule is C[C@@H](NC1CCN(C)CC1CCOCCOCCO[Si](c1ccccc1)(c1ccccc1)C(C)(C)C)c1ccccc1. The molecule has 0 radical (unpaired) electrons. The number of hydrogen-bond acceptors (Lipinski definition) is 5. The Morgan fingerprint density at radius 3 is 1.88 bits per heavy atom. The van der Waals surface area contributed by atoms with Gasteiger partial charge in [0.25, 0.3) is 8.32 Å². The number of nitrogens with zero attached hydrogens (tertiary/aromatic N) is 1. The Hall–Kier alpha value is -2.32. The fourth-order valence-corrected chi connectivity index (χ4v) is 11.0. The van der Waals surface area contributed by atoms with Crippen LogP contribution in [0.4, 0.5) is 0 Å². The lowest BCUT2D eigenvalue weighted by Gasteiger charge is -2.43. The van der Waals surface area contributed by atoms with Crippen LogP contribution in [0.25, 0.3) is 0 Å². The van der Waals surface area contributed by atoms with E-state index in [4.69, 9.17) is 13.9 Å². The summed E-state index contributed by atoms with van der Waals surface area (Å²) in [6.07, 6.45) is 2.23. The van der Waals surface area contributed by atoms with E-state index in [0.717, 1.165) is 26.1 Å². The van der Waals surface area contributed by atoms with Crippen molar-refractivity contribution >= 4 is 18.7 Å². The predicted octanol–water partition coefficient (Wildman–Crippen LogP) is 5.66. The highest BCUT2D eigenvalue weighted by Crippen LogP contribution is 2.36. The van der Waals surface area contributed by atoms with Crippen LogP contribution < -0.4 is 15.7 Å². The Labute approximate surface area is 255 Å². The normalized spacial score (nSPS) is 19.1. The molecular weight excluding hydrogens is 536 g/mol. The van der Waals surface area contributed by atoms with Crippen LogP contribution in [0.1, 0.15) is 52.1 Å². The number of hydrogen-bond donors (Lipinski definition) is 1. The molecule has 0 aliphatic carbocycles. The van der Waals surface area contributed by atoms with Crippen LogP contribution in [-0.4, -0.2) is 72.4 Å². The maximum absolute atomic E-state index is 6.92. The summed E-state index contributed by atoms with van der Waals surface area (Å²) in [5.74, 6) is 0.579. The third-order valence-corrected chi connectivity index (χ3v) is 13.7. The fourth-order valence-electron chi connectivity index (χ4n) is 6.46. The van der Waals surface area contributed by atoms with Gasteiger partial charge in [-0.05, 0) is 60.3 Å². The minimum atomic E-state index is -2.52. The molecule has 3 atom stereocenters. The lowest BCUT2D eigenvalue weighted by molar-refractivity contribution is 0.0256. The zero-order valence-electron chi connectivity index (χ0n) is 26.4. The van der Waals surface area contributed by atoms with Gasteiger partial charge in [0.05, 0.1) is 26.4 Å². The highest BCUT2D eigenvalue weighted by molar-refractivity contribution is 6.99. The molecule has 0 saturated carbocycles. The van der Waals surface area contributed by atoms with Gasteiger partial charge in [0, 0.05) is 25.2 Å². The van der Waals surface area contributed by atoms with Crippen molar-refractivity contribution < 1.29 is 13.9 Å². The van der Waals surface area contributed by atoms with Crippen LogP contribution in [0.3, 0.4) is 0 Å². The lowest BCUT2D eigenvalue weighted by Crippen LogP contribution is -2.66. The zero-order chi connectivity index (χ0) is 29.8. The minimum Gasteiger partial charge on any atom is -0.405 e. The second-order valence-electron chi connectivity index (χ2n) is 12.7. The van der Waals surface area contributed by atoms with Crippen molar-refractivity contribution in [3.8, 4) is 0 Å². The smallest absolute Gasteiger partial charge is 0.261 e. The molecule has 0 amide bonds. The van der Waals surface area contributed by atoms with E-state index in [9.17, 15) is 0 Å². The van der Waals surface area contributed by atoms with E-state index >= 15 is 0 Å². The van der Waals surface area contributed by atoms with Gasteiger partial charge in [-0.2, -0.15) is 0 Å². The van der Waals surface area contributed by atoms with Crippen LogP contribution in [0.5, 0.6) is 0 Å². The molecule has 0 aromatic heterocycles. The Balaban J connectivity index is 1.21. The summed E-state index contributed by atoms with van der Waals surface area (Å²) < 4.78 is 19.0. The molecule has 1 aliphatic rings. The summed E-state index contributed by atoms with van der Waals surface area (Å²) in [5, 5.41) is 6.47. The van der Waals surface area contributed by atoms with E-state index in [1.165, 1.54) is 22.4 Å². The molecular formula is C36H52N2O3Si.